The average Bonchev–Trinajstić information content (AvgIpc) is 2.88. The van der Waals surface area contributed by atoms with Crippen LogP contribution in [-0.2, 0) is 16.2 Å². The maximum absolute atomic E-state index is 11.1. The summed E-state index contributed by atoms with van der Waals surface area (Å²) in [6.45, 7) is 22.0. The van der Waals surface area contributed by atoms with Gasteiger partial charge in [-0.25, -0.2) is 0 Å². The third kappa shape index (κ3) is 10.3. The van der Waals surface area contributed by atoms with Crippen LogP contribution in [0.4, 0.5) is 0 Å². The van der Waals surface area contributed by atoms with E-state index in [0.717, 1.165) is 34.4 Å². The number of benzene rings is 2. The third-order valence-corrected chi connectivity index (χ3v) is 10.1. The van der Waals surface area contributed by atoms with Crippen LogP contribution in [0.3, 0.4) is 0 Å². The molecule has 2 aromatic carbocycles. The van der Waals surface area contributed by atoms with E-state index in [1.54, 1.807) is 0 Å². The summed E-state index contributed by atoms with van der Waals surface area (Å²) in [6, 6.07) is 8.52. The Kier molecular flexibility index (Phi) is 13.7. The predicted molar refractivity (Wildman–Crippen MR) is 183 cm³/mol. The molecular weight excluding hydrogens is 520 g/mol. The lowest BCUT2D eigenvalue weighted by Crippen LogP contribution is -2.29. The summed E-state index contributed by atoms with van der Waals surface area (Å²) in [7, 11) is 0. The smallest absolute Gasteiger partial charge is 0.119 e. The Hall–Kier alpha value is -1.61. The van der Waals surface area contributed by atoms with E-state index in [2.05, 4.69) is 93.1 Å². The van der Waals surface area contributed by atoms with Gasteiger partial charge in [0.05, 0.1) is 0 Å². The molecule has 0 fully saturated rings. The number of aromatic hydroxyl groups is 2. The summed E-state index contributed by atoms with van der Waals surface area (Å²) in [5.41, 5.74) is 6.05. The first-order chi connectivity index (χ1) is 19.1. The summed E-state index contributed by atoms with van der Waals surface area (Å²) >= 11 is 2.06. The van der Waals surface area contributed by atoms with Crippen LogP contribution < -0.4 is 0 Å². The average molecular weight is 583 g/mol. The minimum Gasteiger partial charge on any atom is -0.508 e. The Morgan fingerprint density at radius 3 is 1.34 bits per heavy atom. The molecule has 0 aliphatic heterocycles. The molecule has 232 valence electrons. The molecule has 0 amide bonds. The van der Waals surface area contributed by atoms with E-state index in [1.807, 2.05) is 12.1 Å². The first-order valence-corrected chi connectivity index (χ1v) is 17.5. The maximum Gasteiger partial charge on any atom is 0.119 e. The van der Waals surface area contributed by atoms with Crippen molar-refractivity contribution >= 4 is 11.8 Å². The van der Waals surface area contributed by atoms with Crippen LogP contribution in [-0.4, -0.2) is 21.7 Å². The lowest BCUT2D eigenvalue weighted by molar-refractivity contribution is 0.452. The summed E-state index contributed by atoms with van der Waals surface area (Å²) in [5.74, 6) is 2.98. The van der Waals surface area contributed by atoms with Crippen molar-refractivity contribution in [1.82, 2.24) is 0 Å². The highest BCUT2D eigenvalue weighted by molar-refractivity contribution is 7.99. The second-order valence-corrected chi connectivity index (χ2v) is 15.9. The highest BCUT2D eigenvalue weighted by atomic mass is 32.2. The van der Waals surface area contributed by atoms with Gasteiger partial charge in [-0.05, 0) is 94.5 Å². The van der Waals surface area contributed by atoms with Gasteiger partial charge in [0.1, 0.15) is 11.5 Å². The van der Waals surface area contributed by atoms with Crippen molar-refractivity contribution in [3.63, 3.8) is 0 Å². The van der Waals surface area contributed by atoms with Gasteiger partial charge < -0.3 is 10.2 Å². The zero-order valence-corrected chi connectivity index (χ0v) is 29.1. The fourth-order valence-electron chi connectivity index (χ4n) is 5.89. The van der Waals surface area contributed by atoms with Gasteiger partial charge in [0.25, 0.3) is 0 Å². The zero-order chi connectivity index (χ0) is 30.8. The van der Waals surface area contributed by atoms with E-state index in [-0.39, 0.29) is 16.2 Å². The molecule has 2 rings (SSSR count). The van der Waals surface area contributed by atoms with Crippen molar-refractivity contribution in [2.75, 3.05) is 11.5 Å². The Balaban J connectivity index is 2.23. The van der Waals surface area contributed by atoms with E-state index in [1.165, 1.54) is 81.1 Å². The monoisotopic (exact) mass is 582 g/mol. The lowest BCUT2D eigenvalue weighted by Gasteiger charge is -2.37. The zero-order valence-electron chi connectivity index (χ0n) is 28.3. The molecule has 0 aliphatic carbocycles. The Bertz CT molecular complexity index is 1020. The topological polar surface area (TPSA) is 40.5 Å². The summed E-state index contributed by atoms with van der Waals surface area (Å²) in [6.07, 6.45) is 14.7. The normalized spacial score (nSPS) is 12.7. The minimum absolute atomic E-state index is 0.0739. The molecule has 0 spiro atoms. The lowest BCUT2D eigenvalue weighted by atomic mass is 9.68. The van der Waals surface area contributed by atoms with Crippen LogP contribution in [0.5, 0.6) is 11.5 Å². The molecule has 2 aromatic rings. The van der Waals surface area contributed by atoms with Gasteiger partial charge >= 0.3 is 0 Å². The van der Waals surface area contributed by atoms with E-state index >= 15 is 0 Å². The fraction of sp³-hybridized carbons (Fsp3) is 0.684. The highest BCUT2D eigenvalue weighted by Gasteiger charge is 2.35. The first-order valence-electron chi connectivity index (χ1n) is 16.4. The molecule has 41 heavy (non-hydrogen) atoms. The van der Waals surface area contributed by atoms with Crippen LogP contribution in [0.15, 0.2) is 24.3 Å². The maximum atomic E-state index is 11.1. The van der Waals surface area contributed by atoms with Crippen molar-refractivity contribution in [2.45, 2.75) is 156 Å². The molecule has 0 heterocycles. The Morgan fingerprint density at radius 2 is 0.951 bits per heavy atom. The largest absolute Gasteiger partial charge is 0.508 e. The van der Waals surface area contributed by atoms with Crippen molar-refractivity contribution < 1.29 is 10.2 Å². The van der Waals surface area contributed by atoms with Crippen LogP contribution in [0.25, 0.3) is 0 Å². The standard InChI is InChI=1S/C38H62O2S/c1-11-12-13-14-15-16-17-18-19-20-22-41-23-21-38(10,32-24-30(36(4,5)6)26-34(39)28(32)2)33-25-31(37(7,8)9)27-35(40)29(33)3/h24-27,39-40H,11-23H2,1-10H3. The van der Waals surface area contributed by atoms with Crippen molar-refractivity contribution in [2.24, 2.45) is 0 Å². The first kappa shape index (κ1) is 35.6. The van der Waals surface area contributed by atoms with Crippen LogP contribution in [0.2, 0.25) is 0 Å². The van der Waals surface area contributed by atoms with E-state index in [4.69, 9.17) is 0 Å². The quantitative estimate of drug-likeness (QED) is 0.193. The van der Waals surface area contributed by atoms with E-state index < -0.39 is 0 Å². The van der Waals surface area contributed by atoms with Crippen LogP contribution in [0.1, 0.15) is 159 Å². The number of unbranched alkanes of at least 4 members (excludes halogenated alkanes) is 9. The Morgan fingerprint density at radius 1 is 0.561 bits per heavy atom. The van der Waals surface area contributed by atoms with Gasteiger partial charge in [0, 0.05) is 5.41 Å². The fourth-order valence-corrected chi connectivity index (χ4v) is 7.06. The molecule has 0 saturated carbocycles. The van der Waals surface area contributed by atoms with Gasteiger partial charge in [0.15, 0.2) is 0 Å². The Labute approximate surface area is 258 Å². The van der Waals surface area contributed by atoms with Crippen molar-refractivity contribution in [1.29, 1.82) is 0 Å². The molecule has 0 radical (unpaired) electrons. The van der Waals surface area contributed by atoms with Crippen molar-refractivity contribution in [3.8, 4) is 11.5 Å². The number of phenolic OH excluding ortho intramolecular Hbond substituents is 2. The molecule has 2 nitrogen and oxygen atoms in total. The number of phenols is 2. The molecular formula is C38H62O2S. The van der Waals surface area contributed by atoms with Gasteiger partial charge in [0.2, 0.25) is 0 Å². The molecule has 0 bridgehead atoms. The number of thioether (sulfide) groups is 1. The molecule has 0 atom stereocenters. The van der Waals surface area contributed by atoms with Gasteiger partial charge in [-0.2, -0.15) is 11.8 Å². The molecule has 3 heteroatoms. The minimum atomic E-state index is -0.337. The number of rotatable bonds is 16. The van der Waals surface area contributed by atoms with Crippen molar-refractivity contribution in [3.05, 3.63) is 57.6 Å². The number of hydrogen-bond acceptors (Lipinski definition) is 3. The predicted octanol–water partition coefficient (Wildman–Crippen LogP) is 11.7. The van der Waals surface area contributed by atoms with Crippen LogP contribution in [0, 0.1) is 13.8 Å². The third-order valence-electron chi connectivity index (χ3n) is 9.07. The summed E-state index contributed by atoms with van der Waals surface area (Å²) < 4.78 is 0. The second-order valence-electron chi connectivity index (χ2n) is 14.7. The van der Waals surface area contributed by atoms with Gasteiger partial charge in [-0.3, -0.25) is 0 Å². The molecule has 2 N–H and O–H groups in total. The number of hydrogen-bond donors (Lipinski definition) is 2. The summed E-state index contributed by atoms with van der Waals surface area (Å²) in [4.78, 5) is 0. The second kappa shape index (κ2) is 15.7. The highest BCUT2D eigenvalue weighted by Crippen LogP contribution is 2.46. The van der Waals surface area contributed by atoms with Gasteiger partial charge in [-0.1, -0.05) is 125 Å². The molecule has 0 aliphatic rings. The molecule has 0 saturated heterocycles. The van der Waals surface area contributed by atoms with Gasteiger partial charge in [-0.15, -0.1) is 0 Å². The summed E-state index contributed by atoms with van der Waals surface area (Å²) in [5, 5.41) is 22.2. The van der Waals surface area contributed by atoms with E-state index in [9.17, 15) is 10.2 Å². The molecule has 0 aromatic heterocycles. The SMILES string of the molecule is CCCCCCCCCCCCSCCC(C)(c1cc(C(C)(C)C)cc(O)c1C)c1cc(C(C)(C)C)cc(O)c1C. The van der Waals surface area contributed by atoms with E-state index in [0.29, 0.717) is 11.5 Å². The molecule has 0 unspecified atom stereocenters. The van der Waals surface area contributed by atoms with Crippen LogP contribution >= 0.6 is 11.8 Å².